The van der Waals surface area contributed by atoms with Crippen molar-refractivity contribution in [2.24, 2.45) is 0 Å². The van der Waals surface area contributed by atoms with E-state index in [4.69, 9.17) is 0 Å². The summed E-state index contributed by atoms with van der Waals surface area (Å²) in [5.74, 6) is -1.52. The predicted molar refractivity (Wildman–Crippen MR) is 120 cm³/mol. The van der Waals surface area contributed by atoms with Crippen LogP contribution in [0.4, 0.5) is 5.69 Å². The number of anilines is 1. The summed E-state index contributed by atoms with van der Waals surface area (Å²) in [6.07, 6.45) is 1.53. The highest BCUT2D eigenvalue weighted by Crippen LogP contribution is 2.26. The monoisotopic (exact) mass is 413 g/mol. The number of aryl methyl sites for hydroxylation is 2. The van der Waals surface area contributed by atoms with Crippen LogP contribution in [-0.4, -0.2) is 21.6 Å². The maximum absolute atomic E-state index is 12.7. The molecule has 3 rings (SSSR count). The normalized spacial score (nSPS) is 11.1. The number of benzene rings is 2. The Morgan fingerprint density at radius 1 is 1.06 bits per heavy atom. The topological polar surface area (TPSA) is 95.1 Å². The Bertz CT molecular complexity index is 1260. The van der Waals surface area contributed by atoms with Gasteiger partial charge in [-0.3, -0.25) is 4.79 Å². The van der Waals surface area contributed by atoms with Gasteiger partial charge in [-0.25, -0.2) is 4.79 Å². The third-order valence-corrected chi connectivity index (χ3v) is 5.36. The van der Waals surface area contributed by atoms with E-state index in [1.165, 1.54) is 6.08 Å². The number of carboxylic acid groups (broad SMARTS) is 1. The van der Waals surface area contributed by atoms with Gasteiger partial charge in [0.05, 0.1) is 11.3 Å². The largest absolute Gasteiger partial charge is 0.478 e. The van der Waals surface area contributed by atoms with E-state index < -0.39 is 11.9 Å². The van der Waals surface area contributed by atoms with Gasteiger partial charge in [-0.2, -0.15) is 5.26 Å². The van der Waals surface area contributed by atoms with Crippen LogP contribution in [0.1, 0.15) is 38.4 Å². The first-order chi connectivity index (χ1) is 14.7. The van der Waals surface area contributed by atoms with Gasteiger partial charge in [0.15, 0.2) is 0 Å². The molecule has 1 aromatic heterocycles. The number of amides is 1. The van der Waals surface area contributed by atoms with Gasteiger partial charge in [0.25, 0.3) is 5.91 Å². The number of hydrogen-bond acceptors (Lipinski definition) is 3. The van der Waals surface area contributed by atoms with Crippen LogP contribution in [0, 0.1) is 39.0 Å². The average molecular weight is 413 g/mol. The van der Waals surface area contributed by atoms with Gasteiger partial charge in [-0.15, -0.1) is 0 Å². The predicted octanol–water partition coefficient (Wildman–Crippen LogP) is 4.95. The number of nitrogens with zero attached hydrogens (tertiary/aromatic N) is 2. The second-order valence-electron chi connectivity index (χ2n) is 7.36. The van der Waals surface area contributed by atoms with Crippen molar-refractivity contribution in [3.63, 3.8) is 0 Å². The summed E-state index contributed by atoms with van der Waals surface area (Å²) in [6, 6.07) is 16.1. The molecule has 2 N–H and O–H groups in total. The molecule has 1 amide bonds. The molecule has 31 heavy (non-hydrogen) atoms. The highest BCUT2D eigenvalue weighted by atomic mass is 16.4. The molecule has 0 fully saturated rings. The molecule has 0 atom stereocenters. The van der Waals surface area contributed by atoms with Gasteiger partial charge in [-0.1, -0.05) is 24.3 Å². The zero-order valence-electron chi connectivity index (χ0n) is 17.9. The number of para-hydroxylation sites is 1. The lowest BCUT2D eigenvalue weighted by Gasteiger charge is -2.12. The molecule has 0 saturated carbocycles. The Morgan fingerprint density at radius 3 is 2.45 bits per heavy atom. The van der Waals surface area contributed by atoms with Crippen molar-refractivity contribution in [1.82, 2.24) is 4.57 Å². The fraction of sp³-hybridized carbons (Fsp3) is 0.160. The molecule has 0 saturated heterocycles. The van der Waals surface area contributed by atoms with Gasteiger partial charge in [0, 0.05) is 17.1 Å². The molecule has 0 bridgehead atoms. The maximum Gasteiger partial charge on any atom is 0.337 e. The molecule has 156 valence electrons. The minimum atomic E-state index is -1.02. The van der Waals surface area contributed by atoms with Crippen molar-refractivity contribution >= 4 is 23.6 Å². The summed E-state index contributed by atoms with van der Waals surface area (Å²) in [5, 5.41) is 21.9. The van der Waals surface area contributed by atoms with E-state index in [0.717, 1.165) is 22.5 Å². The Morgan fingerprint density at radius 2 is 1.77 bits per heavy atom. The van der Waals surface area contributed by atoms with Crippen LogP contribution < -0.4 is 5.32 Å². The lowest BCUT2D eigenvalue weighted by atomic mass is 10.1. The van der Waals surface area contributed by atoms with E-state index in [1.54, 1.807) is 30.3 Å². The van der Waals surface area contributed by atoms with E-state index in [1.807, 2.05) is 56.5 Å². The maximum atomic E-state index is 12.7. The van der Waals surface area contributed by atoms with Crippen LogP contribution in [0.2, 0.25) is 0 Å². The Hall–Kier alpha value is -4.11. The number of carbonyl (C=O) groups is 2. The van der Waals surface area contributed by atoms with Gasteiger partial charge in [-0.05, 0) is 74.7 Å². The SMILES string of the molecule is Cc1cccc(NC(=O)/C(C#N)=C\c2cc(C)n(-c3ccccc3C(=O)O)c2C)c1C. The van der Waals surface area contributed by atoms with Crippen LogP contribution in [-0.2, 0) is 4.79 Å². The number of carboxylic acids is 1. The summed E-state index contributed by atoms with van der Waals surface area (Å²) in [7, 11) is 0. The van der Waals surface area contributed by atoms with Crippen LogP contribution in [0.3, 0.4) is 0 Å². The Kier molecular flexibility index (Phi) is 6.07. The average Bonchev–Trinajstić information content (AvgIpc) is 3.02. The van der Waals surface area contributed by atoms with Crippen LogP contribution in [0.25, 0.3) is 11.8 Å². The number of nitrogens with one attached hydrogen (secondary N) is 1. The van der Waals surface area contributed by atoms with Crippen molar-refractivity contribution < 1.29 is 14.7 Å². The van der Waals surface area contributed by atoms with Crippen LogP contribution in [0.5, 0.6) is 0 Å². The number of aromatic carboxylic acids is 1. The third-order valence-electron chi connectivity index (χ3n) is 5.36. The number of nitriles is 1. The van der Waals surface area contributed by atoms with Crippen LogP contribution >= 0.6 is 0 Å². The summed E-state index contributed by atoms with van der Waals surface area (Å²) >= 11 is 0. The standard InChI is InChI=1S/C25H23N3O3/c1-15-8-7-10-22(17(15)3)27-24(29)20(14-26)13-19-12-16(2)28(18(19)4)23-11-6-5-9-21(23)25(30)31/h5-13H,1-4H3,(H,27,29)(H,30,31)/b20-13-. The highest BCUT2D eigenvalue weighted by Gasteiger charge is 2.18. The first-order valence-corrected chi connectivity index (χ1v) is 9.75. The second kappa shape index (κ2) is 8.72. The van der Waals surface area contributed by atoms with Gasteiger partial charge in [0.2, 0.25) is 0 Å². The number of carbonyl (C=O) groups excluding carboxylic acids is 1. The summed E-state index contributed by atoms with van der Waals surface area (Å²) in [4.78, 5) is 24.4. The van der Waals surface area contributed by atoms with Crippen molar-refractivity contribution in [1.29, 1.82) is 5.26 Å². The van der Waals surface area contributed by atoms with Crippen molar-refractivity contribution in [2.75, 3.05) is 5.32 Å². The minimum absolute atomic E-state index is 0.0346. The van der Waals surface area contributed by atoms with E-state index in [9.17, 15) is 20.0 Å². The van der Waals surface area contributed by atoms with Crippen molar-refractivity contribution in [2.45, 2.75) is 27.7 Å². The molecule has 3 aromatic rings. The van der Waals surface area contributed by atoms with E-state index in [0.29, 0.717) is 16.9 Å². The minimum Gasteiger partial charge on any atom is -0.478 e. The molecular weight excluding hydrogens is 390 g/mol. The molecule has 0 aliphatic carbocycles. The van der Waals surface area contributed by atoms with E-state index >= 15 is 0 Å². The van der Waals surface area contributed by atoms with Crippen molar-refractivity contribution in [3.05, 3.63) is 87.7 Å². The molecule has 0 unspecified atom stereocenters. The zero-order chi connectivity index (χ0) is 22.7. The molecule has 0 spiro atoms. The molecule has 6 nitrogen and oxygen atoms in total. The molecular formula is C25H23N3O3. The Balaban J connectivity index is 2.01. The molecule has 2 aromatic carbocycles. The number of rotatable bonds is 5. The molecule has 1 heterocycles. The smallest absolute Gasteiger partial charge is 0.337 e. The molecule has 6 heteroatoms. The Labute approximate surface area is 181 Å². The zero-order valence-corrected chi connectivity index (χ0v) is 17.9. The lowest BCUT2D eigenvalue weighted by Crippen LogP contribution is -2.14. The highest BCUT2D eigenvalue weighted by molar-refractivity contribution is 6.10. The first-order valence-electron chi connectivity index (χ1n) is 9.75. The van der Waals surface area contributed by atoms with E-state index in [-0.39, 0.29) is 11.1 Å². The molecule has 0 aliphatic rings. The van der Waals surface area contributed by atoms with Gasteiger partial charge < -0.3 is 15.0 Å². The first kappa shape index (κ1) is 21.6. The fourth-order valence-corrected chi connectivity index (χ4v) is 3.53. The van der Waals surface area contributed by atoms with Gasteiger partial charge in [0.1, 0.15) is 11.6 Å². The quantitative estimate of drug-likeness (QED) is 0.457. The molecule has 0 radical (unpaired) electrons. The van der Waals surface area contributed by atoms with E-state index in [2.05, 4.69) is 5.32 Å². The summed E-state index contributed by atoms with van der Waals surface area (Å²) in [5.41, 5.74) is 5.52. The number of hydrogen-bond donors (Lipinski definition) is 2. The van der Waals surface area contributed by atoms with Crippen molar-refractivity contribution in [3.8, 4) is 11.8 Å². The lowest BCUT2D eigenvalue weighted by molar-refractivity contribution is -0.112. The second-order valence-corrected chi connectivity index (χ2v) is 7.36. The van der Waals surface area contributed by atoms with Gasteiger partial charge >= 0.3 is 5.97 Å². The molecule has 0 aliphatic heterocycles. The number of aromatic nitrogens is 1. The fourth-order valence-electron chi connectivity index (χ4n) is 3.53. The van der Waals surface area contributed by atoms with Crippen LogP contribution in [0.15, 0.2) is 54.1 Å². The summed E-state index contributed by atoms with van der Waals surface area (Å²) < 4.78 is 1.81. The third kappa shape index (κ3) is 4.26. The summed E-state index contributed by atoms with van der Waals surface area (Å²) in [6.45, 7) is 7.55.